The third-order valence-electron chi connectivity index (χ3n) is 3.71. The standard InChI is InChI=1S/C14H22N2S/c1-11-7-8-15-9-12(11)10-16-13-5-3-4-6-14(13)17-2/h7-9,13-14,16H,3-6,10H2,1-2H3. The summed E-state index contributed by atoms with van der Waals surface area (Å²) in [5, 5.41) is 4.51. The summed E-state index contributed by atoms with van der Waals surface area (Å²) in [7, 11) is 0. The van der Waals surface area contributed by atoms with E-state index in [1.807, 2.05) is 24.2 Å². The van der Waals surface area contributed by atoms with Gasteiger partial charge >= 0.3 is 0 Å². The summed E-state index contributed by atoms with van der Waals surface area (Å²) in [5.74, 6) is 0. The average molecular weight is 250 g/mol. The van der Waals surface area contributed by atoms with Gasteiger partial charge in [-0.3, -0.25) is 4.98 Å². The number of aryl methyl sites for hydroxylation is 1. The number of pyridine rings is 1. The summed E-state index contributed by atoms with van der Waals surface area (Å²) >= 11 is 2.02. The van der Waals surface area contributed by atoms with E-state index in [1.54, 1.807) is 0 Å². The van der Waals surface area contributed by atoms with Crippen molar-refractivity contribution in [1.29, 1.82) is 0 Å². The minimum absolute atomic E-state index is 0.679. The predicted octanol–water partition coefficient (Wildman–Crippen LogP) is 3.15. The molecule has 2 atom stereocenters. The van der Waals surface area contributed by atoms with E-state index in [0.717, 1.165) is 11.8 Å². The molecule has 17 heavy (non-hydrogen) atoms. The molecule has 0 bridgehead atoms. The molecule has 1 heterocycles. The Morgan fingerprint density at radius 3 is 3.00 bits per heavy atom. The molecular formula is C14H22N2S. The molecule has 2 unspecified atom stereocenters. The molecule has 2 nitrogen and oxygen atoms in total. The first-order valence-corrected chi connectivity index (χ1v) is 7.75. The van der Waals surface area contributed by atoms with Crippen LogP contribution in [-0.2, 0) is 6.54 Å². The van der Waals surface area contributed by atoms with Gasteiger partial charge in [0.2, 0.25) is 0 Å². The molecule has 1 N–H and O–H groups in total. The van der Waals surface area contributed by atoms with Crippen LogP contribution in [0.1, 0.15) is 36.8 Å². The SMILES string of the molecule is CSC1CCCCC1NCc1cnccc1C. The van der Waals surface area contributed by atoms with Crippen LogP contribution in [-0.4, -0.2) is 22.5 Å². The van der Waals surface area contributed by atoms with Gasteiger partial charge in [0.1, 0.15) is 0 Å². The highest BCUT2D eigenvalue weighted by Crippen LogP contribution is 2.27. The lowest BCUT2D eigenvalue weighted by Crippen LogP contribution is -2.40. The topological polar surface area (TPSA) is 24.9 Å². The van der Waals surface area contributed by atoms with E-state index in [-0.39, 0.29) is 0 Å². The number of hydrogen-bond acceptors (Lipinski definition) is 3. The summed E-state index contributed by atoms with van der Waals surface area (Å²) in [4.78, 5) is 4.20. The van der Waals surface area contributed by atoms with Crippen LogP contribution in [0.3, 0.4) is 0 Å². The van der Waals surface area contributed by atoms with E-state index >= 15 is 0 Å². The normalized spacial score (nSPS) is 24.8. The molecule has 1 aliphatic carbocycles. The molecule has 1 aliphatic rings. The molecule has 94 valence electrons. The molecule has 1 fully saturated rings. The van der Waals surface area contributed by atoms with Crippen molar-refractivity contribution in [3.05, 3.63) is 29.6 Å². The van der Waals surface area contributed by atoms with Gasteiger partial charge in [-0.25, -0.2) is 0 Å². The summed E-state index contributed by atoms with van der Waals surface area (Å²) in [6.07, 6.45) is 11.6. The van der Waals surface area contributed by atoms with E-state index in [1.165, 1.54) is 36.8 Å². The maximum Gasteiger partial charge on any atom is 0.0315 e. The van der Waals surface area contributed by atoms with E-state index in [2.05, 4.69) is 29.5 Å². The van der Waals surface area contributed by atoms with Crippen LogP contribution in [0.5, 0.6) is 0 Å². The quantitative estimate of drug-likeness (QED) is 0.888. The highest BCUT2D eigenvalue weighted by atomic mass is 32.2. The Kier molecular flexibility index (Phi) is 4.86. The van der Waals surface area contributed by atoms with Gasteiger partial charge in [-0.2, -0.15) is 11.8 Å². The molecule has 1 saturated carbocycles. The van der Waals surface area contributed by atoms with E-state index < -0.39 is 0 Å². The van der Waals surface area contributed by atoms with Gasteiger partial charge < -0.3 is 5.32 Å². The maximum atomic E-state index is 4.20. The van der Waals surface area contributed by atoms with E-state index in [9.17, 15) is 0 Å². The zero-order valence-electron chi connectivity index (χ0n) is 10.8. The Morgan fingerprint density at radius 2 is 2.24 bits per heavy atom. The van der Waals surface area contributed by atoms with Gasteiger partial charge in [-0.05, 0) is 43.2 Å². The van der Waals surface area contributed by atoms with Crippen LogP contribution in [0.15, 0.2) is 18.5 Å². The molecule has 0 amide bonds. The zero-order valence-corrected chi connectivity index (χ0v) is 11.6. The van der Waals surface area contributed by atoms with Gasteiger partial charge in [0, 0.05) is 30.2 Å². The lowest BCUT2D eigenvalue weighted by molar-refractivity contribution is 0.382. The summed E-state index contributed by atoms with van der Waals surface area (Å²) in [5.41, 5.74) is 2.67. The minimum atomic E-state index is 0.679. The van der Waals surface area contributed by atoms with Crippen molar-refractivity contribution < 1.29 is 0 Å². The van der Waals surface area contributed by atoms with E-state index in [4.69, 9.17) is 0 Å². The van der Waals surface area contributed by atoms with E-state index in [0.29, 0.717) is 6.04 Å². The van der Waals surface area contributed by atoms with Crippen LogP contribution in [0, 0.1) is 6.92 Å². The Hall–Kier alpha value is -0.540. The van der Waals surface area contributed by atoms with Crippen LogP contribution < -0.4 is 5.32 Å². The Balaban J connectivity index is 1.90. The molecule has 1 aromatic heterocycles. The number of rotatable bonds is 4. The van der Waals surface area contributed by atoms with Crippen LogP contribution in [0.25, 0.3) is 0 Å². The third-order valence-corrected chi connectivity index (χ3v) is 4.88. The van der Waals surface area contributed by atoms with Gasteiger partial charge in [-0.1, -0.05) is 12.8 Å². The Morgan fingerprint density at radius 1 is 1.41 bits per heavy atom. The monoisotopic (exact) mass is 250 g/mol. The number of hydrogen-bond donors (Lipinski definition) is 1. The second-order valence-electron chi connectivity index (χ2n) is 4.85. The smallest absolute Gasteiger partial charge is 0.0315 e. The lowest BCUT2D eigenvalue weighted by atomic mass is 9.94. The molecule has 0 spiro atoms. The van der Waals surface area contributed by atoms with Crippen molar-refractivity contribution in [1.82, 2.24) is 10.3 Å². The molecule has 0 saturated heterocycles. The summed E-state index contributed by atoms with van der Waals surface area (Å²) in [6.45, 7) is 3.12. The molecule has 0 radical (unpaired) electrons. The zero-order chi connectivity index (χ0) is 12.1. The molecule has 2 rings (SSSR count). The highest BCUT2D eigenvalue weighted by Gasteiger charge is 2.23. The largest absolute Gasteiger partial charge is 0.309 e. The van der Waals surface area contributed by atoms with Crippen molar-refractivity contribution in [2.45, 2.75) is 50.4 Å². The number of aromatic nitrogens is 1. The molecule has 0 aromatic carbocycles. The second-order valence-corrected chi connectivity index (χ2v) is 5.93. The first kappa shape index (κ1) is 12.9. The van der Waals surface area contributed by atoms with Crippen LogP contribution >= 0.6 is 11.8 Å². The molecule has 1 aromatic rings. The first-order valence-electron chi connectivity index (χ1n) is 6.47. The van der Waals surface area contributed by atoms with Crippen LogP contribution in [0.4, 0.5) is 0 Å². The highest BCUT2D eigenvalue weighted by molar-refractivity contribution is 7.99. The first-order chi connectivity index (χ1) is 8.31. The fourth-order valence-electron chi connectivity index (χ4n) is 2.54. The van der Waals surface area contributed by atoms with Gasteiger partial charge in [0.25, 0.3) is 0 Å². The predicted molar refractivity (Wildman–Crippen MR) is 75.4 cm³/mol. The molecule has 0 aliphatic heterocycles. The van der Waals surface area contributed by atoms with Crippen molar-refractivity contribution in [2.24, 2.45) is 0 Å². The Labute approximate surface area is 109 Å². The lowest BCUT2D eigenvalue weighted by Gasteiger charge is -2.31. The van der Waals surface area contributed by atoms with Gasteiger partial charge in [-0.15, -0.1) is 0 Å². The van der Waals surface area contributed by atoms with Crippen molar-refractivity contribution >= 4 is 11.8 Å². The Bertz CT molecular complexity index is 354. The maximum absolute atomic E-state index is 4.20. The van der Waals surface area contributed by atoms with Crippen LogP contribution in [0.2, 0.25) is 0 Å². The van der Waals surface area contributed by atoms with Crippen molar-refractivity contribution in [2.75, 3.05) is 6.26 Å². The number of nitrogens with zero attached hydrogens (tertiary/aromatic N) is 1. The fourth-order valence-corrected chi connectivity index (χ4v) is 3.50. The summed E-state index contributed by atoms with van der Waals surface area (Å²) < 4.78 is 0. The number of nitrogens with one attached hydrogen (secondary N) is 1. The average Bonchev–Trinajstić information content (AvgIpc) is 2.38. The molecule has 3 heteroatoms. The van der Waals surface area contributed by atoms with Gasteiger partial charge in [0.15, 0.2) is 0 Å². The van der Waals surface area contributed by atoms with Gasteiger partial charge in [0.05, 0.1) is 0 Å². The van der Waals surface area contributed by atoms with Crippen molar-refractivity contribution in [3.63, 3.8) is 0 Å². The minimum Gasteiger partial charge on any atom is -0.309 e. The van der Waals surface area contributed by atoms with Crippen molar-refractivity contribution in [3.8, 4) is 0 Å². The second kappa shape index (κ2) is 6.41. The third kappa shape index (κ3) is 3.46. The summed E-state index contributed by atoms with van der Waals surface area (Å²) in [6, 6.07) is 2.77. The fraction of sp³-hybridized carbons (Fsp3) is 0.643. The number of thioether (sulfide) groups is 1. The molecular weight excluding hydrogens is 228 g/mol.